The number of phenolic OH excluding ortho intramolecular Hbond substituents is 1. The van der Waals surface area contributed by atoms with E-state index in [-0.39, 0.29) is 16.5 Å². The molecule has 0 saturated carbocycles. The predicted octanol–water partition coefficient (Wildman–Crippen LogP) is 5.08. The molecule has 0 bridgehead atoms. The Labute approximate surface area is 221 Å². The lowest BCUT2D eigenvalue weighted by atomic mass is 10.1. The quantitative estimate of drug-likeness (QED) is 0.105. The number of hydrogen-bond acceptors (Lipinski definition) is 9. The largest absolute Gasteiger partial charge is 0.505 e. The summed E-state index contributed by atoms with van der Waals surface area (Å²) in [6, 6.07) is 16.9. The highest BCUT2D eigenvalue weighted by Gasteiger charge is 2.24. The molecule has 0 aliphatic heterocycles. The van der Waals surface area contributed by atoms with E-state index in [4.69, 9.17) is 5.73 Å². The number of para-hydroxylation sites is 2. The number of H-pyrrole nitrogens is 1. The minimum absolute atomic E-state index is 0.144. The second kappa shape index (κ2) is 9.59. The van der Waals surface area contributed by atoms with E-state index in [0.29, 0.717) is 11.5 Å². The second-order valence-electron chi connectivity index (χ2n) is 8.40. The SMILES string of the molecule is Nc1cc(S(=O)(=O)O)cc2cc(S(=O)(=O)O)c(N=Nc3ccc(C=Cc4nc5ccccc5[nH]4)cc3)c(O)c12. The fraction of sp³-hybridized carbons (Fsp3) is 0. The number of anilines is 1. The smallest absolute Gasteiger partial charge is 0.296 e. The summed E-state index contributed by atoms with van der Waals surface area (Å²) in [6.07, 6.45) is 3.63. The third kappa shape index (κ3) is 5.35. The number of azo groups is 1. The van der Waals surface area contributed by atoms with Crippen molar-refractivity contribution < 1.29 is 31.0 Å². The normalized spacial score (nSPS) is 12.8. The molecule has 0 fully saturated rings. The Morgan fingerprint density at radius 1 is 0.872 bits per heavy atom. The van der Waals surface area contributed by atoms with Gasteiger partial charge in [-0.2, -0.15) is 21.9 Å². The highest BCUT2D eigenvalue weighted by atomic mass is 32.2. The predicted molar refractivity (Wildman–Crippen MR) is 145 cm³/mol. The molecular weight excluding hydrogens is 546 g/mol. The summed E-state index contributed by atoms with van der Waals surface area (Å²) in [5.74, 6) is -0.0823. The summed E-state index contributed by atoms with van der Waals surface area (Å²) in [6.45, 7) is 0. The maximum atomic E-state index is 12.0. The zero-order valence-electron chi connectivity index (χ0n) is 19.7. The van der Waals surface area contributed by atoms with Crippen molar-refractivity contribution in [3.63, 3.8) is 0 Å². The van der Waals surface area contributed by atoms with Gasteiger partial charge in [0.2, 0.25) is 0 Å². The van der Waals surface area contributed by atoms with Gasteiger partial charge in [0.1, 0.15) is 16.4 Å². The summed E-state index contributed by atoms with van der Waals surface area (Å²) in [5, 5.41) is 18.3. The van der Waals surface area contributed by atoms with Crippen molar-refractivity contribution in [2.45, 2.75) is 9.79 Å². The molecule has 0 aliphatic carbocycles. The fourth-order valence-electron chi connectivity index (χ4n) is 3.92. The number of nitrogens with two attached hydrogens (primary N) is 1. The number of fused-ring (bicyclic) bond motifs is 2. The van der Waals surface area contributed by atoms with Gasteiger partial charge < -0.3 is 15.8 Å². The van der Waals surface area contributed by atoms with Gasteiger partial charge in [-0.1, -0.05) is 30.3 Å². The molecule has 0 saturated heterocycles. The maximum absolute atomic E-state index is 12.0. The third-order valence-corrected chi connectivity index (χ3v) is 7.43. The van der Waals surface area contributed by atoms with E-state index >= 15 is 0 Å². The van der Waals surface area contributed by atoms with Crippen LogP contribution in [0.25, 0.3) is 34.0 Å². The van der Waals surface area contributed by atoms with Gasteiger partial charge in [-0.15, -0.1) is 5.11 Å². The molecule has 5 rings (SSSR count). The fourth-order valence-corrected chi connectivity index (χ4v) is 5.13. The van der Waals surface area contributed by atoms with Crippen LogP contribution in [0.4, 0.5) is 17.1 Å². The monoisotopic (exact) mass is 565 g/mol. The minimum Gasteiger partial charge on any atom is -0.505 e. The average Bonchev–Trinajstić information content (AvgIpc) is 3.29. The van der Waals surface area contributed by atoms with Gasteiger partial charge in [0.25, 0.3) is 20.2 Å². The van der Waals surface area contributed by atoms with Crippen LogP contribution < -0.4 is 5.73 Å². The van der Waals surface area contributed by atoms with E-state index < -0.39 is 41.5 Å². The van der Waals surface area contributed by atoms with Crippen molar-refractivity contribution in [1.29, 1.82) is 0 Å². The molecule has 39 heavy (non-hydrogen) atoms. The molecule has 6 N–H and O–H groups in total. The van der Waals surface area contributed by atoms with Crippen LogP contribution in [-0.4, -0.2) is 41.0 Å². The van der Waals surface area contributed by atoms with Crippen molar-refractivity contribution in [2.24, 2.45) is 10.2 Å². The summed E-state index contributed by atoms with van der Waals surface area (Å²) >= 11 is 0. The Kier molecular flexibility index (Phi) is 6.40. The molecule has 1 aromatic heterocycles. The van der Waals surface area contributed by atoms with E-state index in [9.17, 15) is 31.0 Å². The lowest BCUT2D eigenvalue weighted by molar-refractivity contribution is 0.472. The van der Waals surface area contributed by atoms with Gasteiger partial charge in [-0.05, 0) is 59.5 Å². The number of benzene rings is 4. The van der Waals surface area contributed by atoms with Gasteiger partial charge in [0, 0.05) is 11.1 Å². The zero-order chi connectivity index (χ0) is 27.9. The van der Waals surface area contributed by atoms with Crippen LogP contribution >= 0.6 is 0 Å². The molecule has 0 atom stereocenters. The van der Waals surface area contributed by atoms with Gasteiger partial charge in [-0.25, -0.2) is 4.98 Å². The van der Waals surface area contributed by atoms with E-state index in [2.05, 4.69) is 20.2 Å². The number of hydrogen-bond donors (Lipinski definition) is 5. The summed E-state index contributed by atoms with van der Waals surface area (Å²) in [7, 11) is -9.64. The maximum Gasteiger partial charge on any atom is 0.296 e. The Balaban J connectivity index is 1.48. The molecule has 12 nitrogen and oxygen atoms in total. The molecule has 4 aromatic carbocycles. The molecule has 0 aliphatic rings. The lowest BCUT2D eigenvalue weighted by Gasteiger charge is -2.11. The van der Waals surface area contributed by atoms with E-state index in [1.807, 2.05) is 30.3 Å². The van der Waals surface area contributed by atoms with Crippen LogP contribution in [0.3, 0.4) is 0 Å². The first-order chi connectivity index (χ1) is 18.4. The summed E-state index contributed by atoms with van der Waals surface area (Å²) in [5.41, 5.74) is 7.84. The number of nitrogens with zero attached hydrogens (tertiary/aromatic N) is 3. The molecular formula is C25H19N5O7S2. The first-order valence-corrected chi connectivity index (χ1v) is 14.0. The van der Waals surface area contributed by atoms with E-state index in [1.165, 1.54) is 0 Å². The van der Waals surface area contributed by atoms with Crippen molar-refractivity contribution in [2.75, 3.05) is 5.73 Å². The van der Waals surface area contributed by atoms with Crippen molar-refractivity contribution in [3.05, 3.63) is 78.1 Å². The standard InChI is InChI=1S/C25H19N5O7S2/c26-18-13-17(38(32,33)34)11-15-12-21(39(35,36)37)24(25(31)23(15)18)30-29-16-8-5-14(6-9-16)7-10-22-27-19-3-1-2-4-20(19)28-22/h1-13,31H,26H2,(H,27,28)(H,32,33,34)(H,35,36,37). The number of aromatic amines is 1. The number of nitrogen functional groups attached to an aromatic ring is 1. The van der Waals surface area contributed by atoms with Crippen molar-refractivity contribution in [3.8, 4) is 5.75 Å². The van der Waals surface area contributed by atoms with Crippen molar-refractivity contribution in [1.82, 2.24) is 9.97 Å². The van der Waals surface area contributed by atoms with Crippen LogP contribution in [0.1, 0.15) is 11.4 Å². The molecule has 0 unspecified atom stereocenters. The van der Waals surface area contributed by atoms with Gasteiger partial charge in [-0.3, -0.25) is 9.11 Å². The number of phenols is 1. The molecule has 198 valence electrons. The zero-order valence-corrected chi connectivity index (χ0v) is 21.3. The molecule has 14 heteroatoms. The topological polar surface area (TPSA) is 208 Å². The Bertz CT molecular complexity index is 2000. The van der Waals surface area contributed by atoms with Crippen LogP contribution in [0.2, 0.25) is 0 Å². The van der Waals surface area contributed by atoms with Gasteiger partial charge in [0.15, 0.2) is 5.75 Å². The Hall–Kier alpha value is -4.63. The number of nitrogens with one attached hydrogen (secondary N) is 1. The number of imidazole rings is 1. The van der Waals surface area contributed by atoms with Crippen LogP contribution in [-0.2, 0) is 20.2 Å². The third-order valence-electron chi connectivity index (χ3n) is 5.73. The number of aromatic hydroxyl groups is 1. The molecule has 0 radical (unpaired) electrons. The number of rotatable bonds is 6. The van der Waals surface area contributed by atoms with Gasteiger partial charge in [0.05, 0.1) is 21.6 Å². The molecule has 1 heterocycles. The Morgan fingerprint density at radius 2 is 1.59 bits per heavy atom. The average molecular weight is 566 g/mol. The Morgan fingerprint density at radius 3 is 2.26 bits per heavy atom. The first-order valence-electron chi connectivity index (χ1n) is 11.1. The summed E-state index contributed by atoms with van der Waals surface area (Å²) < 4.78 is 66.2. The van der Waals surface area contributed by atoms with Crippen LogP contribution in [0.15, 0.2) is 86.7 Å². The second-order valence-corrected chi connectivity index (χ2v) is 11.2. The molecule has 0 spiro atoms. The van der Waals surface area contributed by atoms with Crippen LogP contribution in [0.5, 0.6) is 5.75 Å². The van der Waals surface area contributed by atoms with E-state index in [0.717, 1.165) is 34.8 Å². The van der Waals surface area contributed by atoms with Crippen LogP contribution in [0, 0.1) is 0 Å². The first kappa shape index (κ1) is 26.0. The highest BCUT2D eigenvalue weighted by Crippen LogP contribution is 2.44. The van der Waals surface area contributed by atoms with E-state index in [1.54, 1.807) is 30.3 Å². The summed E-state index contributed by atoms with van der Waals surface area (Å²) in [4.78, 5) is 6.19. The van der Waals surface area contributed by atoms with Gasteiger partial charge >= 0.3 is 0 Å². The minimum atomic E-state index is -4.95. The highest BCUT2D eigenvalue weighted by molar-refractivity contribution is 7.86. The number of aromatic nitrogens is 2. The molecule has 0 amide bonds. The van der Waals surface area contributed by atoms with Crippen molar-refractivity contribution >= 4 is 71.3 Å². The lowest BCUT2D eigenvalue weighted by Crippen LogP contribution is -2.02. The molecule has 5 aromatic rings.